The molecule has 104 valence electrons. The zero-order chi connectivity index (χ0) is 14.0. The Morgan fingerprint density at radius 2 is 2.11 bits per heavy atom. The summed E-state index contributed by atoms with van der Waals surface area (Å²) in [5.41, 5.74) is 0.940. The molecule has 0 saturated carbocycles. The van der Waals surface area contributed by atoms with Crippen LogP contribution in [0, 0.1) is 5.92 Å². The molecule has 0 aromatic heterocycles. The van der Waals surface area contributed by atoms with Crippen LogP contribution in [0.5, 0.6) is 5.75 Å². The lowest BCUT2D eigenvalue weighted by Crippen LogP contribution is -2.39. The van der Waals surface area contributed by atoms with E-state index in [1.54, 1.807) is 7.11 Å². The molecule has 1 N–H and O–H groups in total. The number of rotatable bonds is 4. The van der Waals surface area contributed by atoms with Crippen molar-refractivity contribution in [2.45, 2.75) is 45.1 Å². The third-order valence-electron chi connectivity index (χ3n) is 4.06. The molecule has 0 radical (unpaired) electrons. The largest absolute Gasteiger partial charge is 0.496 e. The van der Waals surface area contributed by atoms with Gasteiger partial charge in [0.25, 0.3) is 0 Å². The SMILES string of the molecule is COc1ccccc1C1(C)CC(=O)NC1CC(C)C. The van der Waals surface area contributed by atoms with Crippen molar-refractivity contribution in [3.63, 3.8) is 0 Å². The van der Waals surface area contributed by atoms with Crippen molar-refractivity contribution in [3.8, 4) is 5.75 Å². The Morgan fingerprint density at radius 1 is 1.42 bits per heavy atom. The fourth-order valence-corrected chi connectivity index (χ4v) is 3.05. The number of para-hydroxylation sites is 1. The quantitative estimate of drug-likeness (QED) is 0.905. The van der Waals surface area contributed by atoms with Crippen LogP contribution in [0.2, 0.25) is 0 Å². The molecular weight excluding hydrogens is 238 g/mol. The number of ether oxygens (including phenoxy) is 1. The van der Waals surface area contributed by atoms with Crippen LogP contribution < -0.4 is 10.1 Å². The van der Waals surface area contributed by atoms with Gasteiger partial charge in [0, 0.05) is 23.4 Å². The molecule has 2 atom stereocenters. The fraction of sp³-hybridized carbons (Fsp3) is 0.562. The molecular formula is C16H23NO2. The van der Waals surface area contributed by atoms with E-state index >= 15 is 0 Å². The van der Waals surface area contributed by atoms with E-state index in [2.05, 4.69) is 32.2 Å². The summed E-state index contributed by atoms with van der Waals surface area (Å²) in [7, 11) is 1.68. The van der Waals surface area contributed by atoms with Crippen LogP contribution in [-0.2, 0) is 10.2 Å². The predicted molar refractivity (Wildman–Crippen MR) is 76.3 cm³/mol. The van der Waals surface area contributed by atoms with Gasteiger partial charge in [0.15, 0.2) is 0 Å². The van der Waals surface area contributed by atoms with Gasteiger partial charge in [-0.25, -0.2) is 0 Å². The molecule has 2 unspecified atom stereocenters. The van der Waals surface area contributed by atoms with E-state index in [0.717, 1.165) is 17.7 Å². The van der Waals surface area contributed by atoms with E-state index in [-0.39, 0.29) is 17.4 Å². The number of carbonyl (C=O) groups is 1. The molecule has 0 bridgehead atoms. The highest BCUT2D eigenvalue weighted by atomic mass is 16.5. The van der Waals surface area contributed by atoms with Gasteiger partial charge in [0.1, 0.15) is 5.75 Å². The Labute approximate surface area is 115 Å². The smallest absolute Gasteiger partial charge is 0.221 e. The lowest BCUT2D eigenvalue weighted by Gasteiger charge is -2.33. The molecule has 1 heterocycles. The number of carbonyl (C=O) groups excluding carboxylic acids is 1. The van der Waals surface area contributed by atoms with E-state index in [4.69, 9.17) is 4.74 Å². The first-order valence-corrected chi connectivity index (χ1v) is 6.90. The second-order valence-corrected chi connectivity index (χ2v) is 6.04. The fourth-order valence-electron chi connectivity index (χ4n) is 3.05. The molecule has 1 aromatic rings. The minimum atomic E-state index is -0.187. The number of amides is 1. The molecule has 3 nitrogen and oxygen atoms in total. The molecule has 19 heavy (non-hydrogen) atoms. The predicted octanol–water partition coefficient (Wildman–Crippen LogP) is 2.89. The maximum Gasteiger partial charge on any atom is 0.221 e. The lowest BCUT2D eigenvalue weighted by atomic mass is 9.73. The average Bonchev–Trinajstić information content (AvgIpc) is 2.64. The van der Waals surface area contributed by atoms with Gasteiger partial charge in [-0.05, 0) is 18.4 Å². The minimum Gasteiger partial charge on any atom is -0.496 e. The number of hydrogen-bond acceptors (Lipinski definition) is 2. The Morgan fingerprint density at radius 3 is 2.74 bits per heavy atom. The van der Waals surface area contributed by atoms with Crippen molar-refractivity contribution in [1.29, 1.82) is 0 Å². The molecule has 0 aliphatic carbocycles. The van der Waals surface area contributed by atoms with Crippen LogP contribution in [0.4, 0.5) is 0 Å². The molecule has 2 rings (SSSR count). The lowest BCUT2D eigenvalue weighted by molar-refractivity contribution is -0.119. The van der Waals surface area contributed by atoms with Gasteiger partial charge in [-0.2, -0.15) is 0 Å². The van der Waals surface area contributed by atoms with Gasteiger partial charge < -0.3 is 10.1 Å². The van der Waals surface area contributed by atoms with Crippen molar-refractivity contribution in [2.75, 3.05) is 7.11 Å². The molecule has 1 fully saturated rings. The van der Waals surface area contributed by atoms with Crippen LogP contribution >= 0.6 is 0 Å². The van der Waals surface area contributed by atoms with E-state index in [1.165, 1.54) is 0 Å². The summed E-state index contributed by atoms with van der Waals surface area (Å²) in [6.07, 6.45) is 1.52. The van der Waals surface area contributed by atoms with Crippen LogP contribution in [0.25, 0.3) is 0 Å². The number of methoxy groups -OCH3 is 1. The molecule has 1 aromatic carbocycles. The second-order valence-electron chi connectivity index (χ2n) is 6.04. The summed E-state index contributed by atoms with van der Waals surface area (Å²) < 4.78 is 5.47. The molecule has 1 aliphatic heterocycles. The Balaban J connectivity index is 2.40. The summed E-state index contributed by atoms with van der Waals surface area (Å²) in [5.74, 6) is 1.56. The zero-order valence-electron chi connectivity index (χ0n) is 12.2. The summed E-state index contributed by atoms with van der Waals surface area (Å²) in [5, 5.41) is 3.13. The Hall–Kier alpha value is -1.51. The second kappa shape index (κ2) is 5.24. The van der Waals surface area contributed by atoms with Crippen molar-refractivity contribution in [1.82, 2.24) is 5.32 Å². The molecule has 1 saturated heterocycles. The molecule has 1 aliphatic rings. The van der Waals surface area contributed by atoms with Crippen molar-refractivity contribution < 1.29 is 9.53 Å². The Kier molecular flexibility index (Phi) is 3.83. The zero-order valence-corrected chi connectivity index (χ0v) is 12.2. The molecule has 0 spiro atoms. The average molecular weight is 261 g/mol. The summed E-state index contributed by atoms with van der Waals surface area (Å²) >= 11 is 0. The van der Waals surface area contributed by atoms with Gasteiger partial charge in [-0.1, -0.05) is 39.0 Å². The van der Waals surface area contributed by atoms with E-state index in [1.807, 2.05) is 18.2 Å². The van der Waals surface area contributed by atoms with Crippen molar-refractivity contribution in [2.24, 2.45) is 5.92 Å². The van der Waals surface area contributed by atoms with Gasteiger partial charge in [0.2, 0.25) is 5.91 Å². The van der Waals surface area contributed by atoms with Gasteiger partial charge in [0.05, 0.1) is 7.11 Å². The number of hydrogen-bond donors (Lipinski definition) is 1. The third-order valence-corrected chi connectivity index (χ3v) is 4.06. The standard InChI is InChI=1S/C16H23NO2/c1-11(2)9-14-16(3,10-15(18)17-14)12-7-5-6-8-13(12)19-4/h5-8,11,14H,9-10H2,1-4H3,(H,17,18). The first-order valence-electron chi connectivity index (χ1n) is 6.90. The summed E-state index contributed by atoms with van der Waals surface area (Å²) in [6.45, 7) is 6.54. The Bertz CT molecular complexity index is 470. The summed E-state index contributed by atoms with van der Waals surface area (Å²) in [4.78, 5) is 11.9. The van der Waals surface area contributed by atoms with E-state index in [0.29, 0.717) is 12.3 Å². The van der Waals surface area contributed by atoms with Crippen LogP contribution in [-0.4, -0.2) is 19.1 Å². The normalized spacial score (nSPS) is 26.6. The van der Waals surface area contributed by atoms with Gasteiger partial charge in [-0.3, -0.25) is 4.79 Å². The first-order chi connectivity index (χ1) is 8.97. The van der Waals surface area contributed by atoms with Crippen LogP contribution in [0.3, 0.4) is 0 Å². The number of benzene rings is 1. The maximum absolute atomic E-state index is 11.9. The van der Waals surface area contributed by atoms with Crippen LogP contribution in [0.15, 0.2) is 24.3 Å². The maximum atomic E-state index is 11.9. The van der Waals surface area contributed by atoms with Gasteiger partial charge in [-0.15, -0.1) is 0 Å². The van der Waals surface area contributed by atoms with Crippen LogP contribution in [0.1, 0.15) is 39.2 Å². The highest BCUT2D eigenvalue weighted by Gasteiger charge is 2.45. The monoisotopic (exact) mass is 261 g/mol. The van der Waals surface area contributed by atoms with E-state index < -0.39 is 0 Å². The van der Waals surface area contributed by atoms with Crippen molar-refractivity contribution >= 4 is 5.91 Å². The van der Waals surface area contributed by atoms with Crippen molar-refractivity contribution in [3.05, 3.63) is 29.8 Å². The summed E-state index contributed by atoms with van der Waals surface area (Å²) in [6, 6.07) is 8.20. The molecule has 3 heteroatoms. The van der Waals surface area contributed by atoms with Gasteiger partial charge >= 0.3 is 0 Å². The third kappa shape index (κ3) is 2.60. The minimum absolute atomic E-state index is 0.138. The van der Waals surface area contributed by atoms with E-state index in [9.17, 15) is 4.79 Å². The topological polar surface area (TPSA) is 38.3 Å². The number of nitrogens with one attached hydrogen (secondary N) is 1. The molecule has 1 amide bonds. The highest BCUT2D eigenvalue weighted by Crippen LogP contribution is 2.42. The first kappa shape index (κ1) is 13.9. The highest BCUT2D eigenvalue weighted by molar-refractivity contribution is 5.81.